The first-order valence-corrected chi connectivity index (χ1v) is 6.47. The molecule has 0 bridgehead atoms. The summed E-state index contributed by atoms with van der Waals surface area (Å²) in [5, 5.41) is 7.09. The van der Waals surface area contributed by atoms with Gasteiger partial charge in [-0.15, -0.1) is 0 Å². The maximum absolute atomic E-state index is 11.8. The Labute approximate surface area is 118 Å². The minimum Gasteiger partial charge on any atom is -0.444 e. The van der Waals surface area contributed by atoms with E-state index in [1.165, 1.54) is 0 Å². The van der Waals surface area contributed by atoms with Crippen molar-refractivity contribution in [3.8, 4) is 5.69 Å². The van der Waals surface area contributed by atoms with Gasteiger partial charge in [-0.3, -0.25) is 5.32 Å². The number of nitrogens with zero attached hydrogens (tertiary/aromatic N) is 2. The van der Waals surface area contributed by atoms with Crippen molar-refractivity contribution in [2.75, 3.05) is 5.32 Å². The fraction of sp³-hybridized carbons (Fsp3) is 0.333. The van der Waals surface area contributed by atoms with Gasteiger partial charge < -0.3 is 4.74 Å². The number of anilines is 1. The van der Waals surface area contributed by atoms with Crippen LogP contribution in [-0.2, 0) is 4.74 Å². The summed E-state index contributed by atoms with van der Waals surface area (Å²) in [7, 11) is 0. The fourth-order valence-electron chi connectivity index (χ4n) is 1.71. The molecule has 1 amide bonds. The summed E-state index contributed by atoms with van der Waals surface area (Å²) in [6, 6.07) is 9.72. The SMILES string of the molecule is Cc1nn(-c2ccccc2)cc1NC(=O)OC(C)(C)C. The molecule has 20 heavy (non-hydrogen) atoms. The third kappa shape index (κ3) is 3.60. The summed E-state index contributed by atoms with van der Waals surface area (Å²) in [6.07, 6.45) is 1.29. The molecule has 0 aliphatic rings. The van der Waals surface area contributed by atoms with Crippen molar-refractivity contribution in [3.63, 3.8) is 0 Å². The molecule has 0 atom stereocenters. The van der Waals surface area contributed by atoms with Crippen molar-refractivity contribution in [1.29, 1.82) is 0 Å². The van der Waals surface area contributed by atoms with Gasteiger partial charge in [0.15, 0.2) is 0 Å². The predicted molar refractivity (Wildman–Crippen MR) is 78.2 cm³/mol. The highest BCUT2D eigenvalue weighted by atomic mass is 16.6. The number of aromatic nitrogens is 2. The van der Waals surface area contributed by atoms with Gasteiger partial charge in [-0.05, 0) is 39.8 Å². The Hall–Kier alpha value is -2.30. The van der Waals surface area contributed by atoms with Gasteiger partial charge in [-0.2, -0.15) is 5.10 Å². The zero-order valence-corrected chi connectivity index (χ0v) is 12.2. The molecule has 0 radical (unpaired) electrons. The van der Waals surface area contributed by atoms with Gasteiger partial charge in [0.1, 0.15) is 5.60 Å². The van der Waals surface area contributed by atoms with Crippen LogP contribution in [-0.4, -0.2) is 21.5 Å². The van der Waals surface area contributed by atoms with Crippen molar-refractivity contribution >= 4 is 11.8 Å². The van der Waals surface area contributed by atoms with Crippen LogP contribution in [0.3, 0.4) is 0 Å². The first-order valence-electron chi connectivity index (χ1n) is 6.47. The molecule has 0 saturated heterocycles. The number of rotatable bonds is 2. The first-order chi connectivity index (χ1) is 9.35. The highest BCUT2D eigenvalue weighted by molar-refractivity contribution is 5.85. The Kier molecular flexibility index (Phi) is 3.79. The normalized spacial score (nSPS) is 11.2. The predicted octanol–water partition coefficient (Wildman–Crippen LogP) is 3.53. The van der Waals surface area contributed by atoms with Gasteiger partial charge in [0.25, 0.3) is 0 Å². The second-order valence-corrected chi connectivity index (χ2v) is 5.54. The second kappa shape index (κ2) is 5.36. The molecule has 0 aliphatic heterocycles. The number of hydrogen-bond acceptors (Lipinski definition) is 3. The van der Waals surface area contributed by atoms with Crippen molar-refractivity contribution in [1.82, 2.24) is 9.78 Å². The molecule has 0 aliphatic carbocycles. The van der Waals surface area contributed by atoms with Crippen LogP contribution in [0.15, 0.2) is 36.5 Å². The summed E-state index contributed by atoms with van der Waals surface area (Å²) in [5.41, 5.74) is 1.79. The Morgan fingerprint density at radius 2 is 1.90 bits per heavy atom. The van der Waals surface area contributed by atoms with Crippen LogP contribution in [0.25, 0.3) is 5.69 Å². The quantitative estimate of drug-likeness (QED) is 0.910. The minimum atomic E-state index is -0.520. The second-order valence-electron chi connectivity index (χ2n) is 5.54. The summed E-state index contributed by atoms with van der Waals surface area (Å²) in [4.78, 5) is 11.8. The molecule has 2 aromatic rings. The van der Waals surface area contributed by atoms with Crippen LogP contribution in [0, 0.1) is 6.92 Å². The number of carbonyl (C=O) groups is 1. The molecule has 5 heteroatoms. The molecule has 1 heterocycles. The molecule has 2 rings (SSSR count). The van der Waals surface area contributed by atoms with Crippen LogP contribution in [0.2, 0.25) is 0 Å². The minimum absolute atomic E-state index is 0.479. The number of amides is 1. The molecule has 0 unspecified atom stereocenters. The van der Waals surface area contributed by atoms with Crippen LogP contribution in [0.5, 0.6) is 0 Å². The van der Waals surface area contributed by atoms with Crippen molar-refractivity contribution in [3.05, 3.63) is 42.2 Å². The molecule has 106 valence electrons. The molecule has 1 N–H and O–H groups in total. The fourth-order valence-corrected chi connectivity index (χ4v) is 1.71. The molecule has 1 aromatic heterocycles. The van der Waals surface area contributed by atoms with Gasteiger partial charge in [0, 0.05) is 0 Å². The lowest BCUT2D eigenvalue weighted by Crippen LogP contribution is -2.27. The first kappa shape index (κ1) is 14.1. The topological polar surface area (TPSA) is 56.2 Å². The largest absolute Gasteiger partial charge is 0.444 e. The van der Waals surface area contributed by atoms with Crippen LogP contribution in [0.1, 0.15) is 26.5 Å². The van der Waals surface area contributed by atoms with Crippen molar-refractivity contribution < 1.29 is 9.53 Å². The Bertz CT molecular complexity index is 597. The monoisotopic (exact) mass is 273 g/mol. The van der Waals surface area contributed by atoms with E-state index < -0.39 is 11.7 Å². The van der Waals surface area contributed by atoms with E-state index in [1.807, 2.05) is 58.0 Å². The number of hydrogen-bond donors (Lipinski definition) is 1. The average Bonchev–Trinajstić information content (AvgIpc) is 2.70. The van der Waals surface area contributed by atoms with Crippen molar-refractivity contribution in [2.45, 2.75) is 33.3 Å². The average molecular weight is 273 g/mol. The number of carbonyl (C=O) groups excluding carboxylic acids is 1. The van der Waals surface area contributed by atoms with Gasteiger partial charge in [0.2, 0.25) is 0 Å². The molecular weight excluding hydrogens is 254 g/mol. The number of aryl methyl sites for hydroxylation is 1. The number of nitrogens with one attached hydrogen (secondary N) is 1. The summed E-state index contributed by atoms with van der Waals surface area (Å²) in [6.45, 7) is 7.32. The Balaban J connectivity index is 2.15. The van der Waals surface area contributed by atoms with Crippen LogP contribution in [0.4, 0.5) is 10.5 Å². The van der Waals surface area contributed by atoms with E-state index >= 15 is 0 Å². The smallest absolute Gasteiger partial charge is 0.412 e. The number of para-hydroxylation sites is 1. The number of ether oxygens (including phenoxy) is 1. The van der Waals surface area contributed by atoms with E-state index in [-0.39, 0.29) is 0 Å². The lowest BCUT2D eigenvalue weighted by molar-refractivity contribution is 0.0636. The zero-order valence-electron chi connectivity index (χ0n) is 12.2. The molecule has 1 aromatic carbocycles. The van der Waals surface area contributed by atoms with E-state index in [9.17, 15) is 4.79 Å². The van der Waals surface area contributed by atoms with Gasteiger partial charge >= 0.3 is 6.09 Å². The summed E-state index contributed by atoms with van der Waals surface area (Å²) >= 11 is 0. The van der Waals surface area contributed by atoms with E-state index in [2.05, 4.69) is 10.4 Å². The molecular formula is C15H19N3O2. The highest BCUT2D eigenvalue weighted by Gasteiger charge is 2.17. The van der Waals surface area contributed by atoms with Gasteiger partial charge in [-0.25, -0.2) is 9.48 Å². The highest BCUT2D eigenvalue weighted by Crippen LogP contribution is 2.17. The third-order valence-corrected chi connectivity index (χ3v) is 2.56. The zero-order chi connectivity index (χ0) is 14.8. The standard InChI is InChI=1S/C15H19N3O2/c1-11-13(16-14(19)20-15(2,3)4)10-18(17-11)12-8-6-5-7-9-12/h5-10H,1-4H3,(H,16,19). The molecule has 0 saturated carbocycles. The lowest BCUT2D eigenvalue weighted by Gasteiger charge is -2.19. The summed E-state index contributed by atoms with van der Waals surface area (Å²) in [5.74, 6) is 0. The Morgan fingerprint density at radius 1 is 1.25 bits per heavy atom. The maximum atomic E-state index is 11.8. The van der Waals surface area contributed by atoms with Crippen LogP contribution < -0.4 is 5.32 Å². The van der Waals surface area contributed by atoms with E-state index in [0.717, 1.165) is 11.4 Å². The van der Waals surface area contributed by atoms with E-state index in [1.54, 1.807) is 10.9 Å². The van der Waals surface area contributed by atoms with E-state index in [0.29, 0.717) is 5.69 Å². The Morgan fingerprint density at radius 3 is 2.50 bits per heavy atom. The maximum Gasteiger partial charge on any atom is 0.412 e. The number of benzene rings is 1. The third-order valence-electron chi connectivity index (χ3n) is 2.56. The summed E-state index contributed by atoms with van der Waals surface area (Å²) < 4.78 is 6.95. The van der Waals surface area contributed by atoms with Gasteiger partial charge in [-0.1, -0.05) is 18.2 Å². The molecule has 0 fully saturated rings. The van der Waals surface area contributed by atoms with Crippen molar-refractivity contribution in [2.24, 2.45) is 0 Å². The molecule has 5 nitrogen and oxygen atoms in total. The van der Waals surface area contributed by atoms with Crippen LogP contribution >= 0.6 is 0 Å². The lowest BCUT2D eigenvalue weighted by atomic mass is 10.2. The van der Waals surface area contributed by atoms with Gasteiger partial charge in [0.05, 0.1) is 23.3 Å². The molecule has 0 spiro atoms. The van der Waals surface area contributed by atoms with E-state index in [4.69, 9.17) is 4.74 Å².